The molecular formula is C19H23N7O5. The molecule has 31 heavy (non-hydrogen) atoms. The Hall–Kier alpha value is -3.70. The van der Waals surface area contributed by atoms with E-state index in [0.29, 0.717) is 24.8 Å². The smallest absolute Gasteiger partial charge is 0.332 e. The zero-order valence-electron chi connectivity index (χ0n) is 17.5. The number of carbonyl (C=O) groups is 1. The largest absolute Gasteiger partial charge is 0.480 e. The number of amides is 1. The molecule has 12 heteroatoms. The molecule has 4 heterocycles. The van der Waals surface area contributed by atoms with Crippen molar-refractivity contribution >= 4 is 17.1 Å². The number of piperidine rings is 1. The summed E-state index contributed by atoms with van der Waals surface area (Å²) >= 11 is 0. The molecule has 0 spiro atoms. The fraction of sp³-hybridized carbons (Fsp3) is 0.474. The fourth-order valence-corrected chi connectivity index (χ4v) is 3.67. The summed E-state index contributed by atoms with van der Waals surface area (Å²) in [6.45, 7) is 0.935. The molecule has 0 aliphatic carbocycles. The van der Waals surface area contributed by atoms with Crippen LogP contribution < -0.4 is 20.7 Å². The average molecular weight is 429 g/mol. The van der Waals surface area contributed by atoms with Gasteiger partial charge in [0.1, 0.15) is 12.6 Å². The second-order valence-corrected chi connectivity index (χ2v) is 7.39. The lowest BCUT2D eigenvalue weighted by molar-refractivity contribution is -0.134. The molecule has 0 aromatic carbocycles. The van der Waals surface area contributed by atoms with E-state index in [0.717, 1.165) is 17.4 Å². The van der Waals surface area contributed by atoms with Crippen LogP contribution >= 0.6 is 0 Å². The predicted molar refractivity (Wildman–Crippen MR) is 109 cm³/mol. The summed E-state index contributed by atoms with van der Waals surface area (Å²) in [5.74, 6) is 0.596. The van der Waals surface area contributed by atoms with E-state index in [-0.39, 0.29) is 29.7 Å². The molecule has 1 fully saturated rings. The molecule has 4 rings (SSSR count). The van der Waals surface area contributed by atoms with Crippen molar-refractivity contribution in [2.24, 2.45) is 14.1 Å². The number of methoxy groups -OCH3 is 1. The minimum Gasteiger partial charge on any atom is -0.480 e. The van der Waals surface area contributed by atoms with Gasteiger partial charge in [-0.15, -0.1) is 10.2 Å². The lowest BCUT2D eigenvalue weighted by Gasteiger charge is -2.32. The van der Waals surface area contributed by atoms with Crippen molar-refractivity contribution in [3.63, 3.8) is 0 Å². The summed E-state index contributed by atoms with van der Waals surface area (Å²) in [5.41, 5.74) is -0.483. The summed E-state index contributed by atoms with van der Waals surface area (Å²) in [6, 6.07) is 3.33. The molecule has 0 bridgehead atoms. The summed E-state index contributed by atoms with van der Waals surface area (Å²) in [6.07, 6.45) is 2.76. The molecule has 0 N–H and O–H groups in total. The normalized spacial score (nSPS) is 16.5. The van der Waals surface area contributed by atoms with Crippen molar-refractivity contribution in [3.8, 4) is 11.8 Å². The van der Waals surface area contributed by atoms with Gasteiger partial charge in [0, 0.05) is 32.8 Å². The first-order valence-electron chi connectivity index (χ1n) is 9.82. The van der Waals surface area contributed by atoms with E-state index < -0.39 is 11.2 Å². The highest BCUT2D eigenvalue weighted by atomic mass is 16.5. The second-order valence-electron chi connectivity index (χ2n) is 7.39. The summed E-state index contributed by atoms with van der Waals surface area (Å²) < 4.78 is 14.6. The number of fused-ring (bicyclic) bond motifs is 1. The molecule has 1 aliphatic heterocycles. The number of nitrogens with zero attached hydrogens (tertiary/aromatic N) is 7. The van der Waals surface area contributed by atoms with E-state index in [9.17, 15) is 14.4 Å². The van der Waals surface area contributed by atoms with Crippen LogP contribution in [0, 0.1) is 0 Å². The second kappa shape index (κ2) is 8.20. The van der Waals surface area contributed by atoms with Crippen molar-refractivity contribution in [1.82, 2.24) is 33.8 Å². The number of aromatic nitrogens is 6. The van der Waals surface area contributed by atoms with Crippen molar-refractivity contribution in [3.05, 3.63) is 39.3 Å². The molecule has 0 radical (unpaired) electrons. The Morgan fingerprint density at radius 1 is 1.16 bits per heavy atom. The summed E-state index contributed by atoms with van der Waals surface area (Å²) in [4.78, 5) is 43.4. The van der Waals surface area contributed by atoms with Crippen LogP contribution in [0.5, 0.6) is 11.8 Å². The highest BCUT2D eigenvalue weighted by molar-refractivity contribution is 5.79. The van der Waals surface area contributed by atoms with Crippen LogP contribution in [0.2, 0.25) is 0 Å². The van der Waals surface area contributed by atoms with Crippen molar-refractivity contribution in [2.45, 2.75) is 25.5 Å². The van der Waals surface area contributed by atoms with E-state index in [2.05, 4.69) is 15.2 Å². The Bertz CT molecular complexity index is 1230. The fourth-order valence-electron chi connectivity index (χ4n) is 3.67. The van der Waals surface area contributed by atoms with Crippen molar-refractivity contribution < 1.29 is 14.3 Å². The third kappa shape index (κ3) is 3.88. The number of ether oxygens (including phenoxy) is 2. The SMILES string of the molecule is COc1ccc(OC2CCCN(C(=O)Cn3cnc4c3c(=O)n(C)c(=O)n4C)C2)nn1. The van der Waals surface area contributed by atoms with Crippen molar-refractivity contribution in [1.29, 1.82) is 0 Å². The predicted octanol–water partition coefficient (Wildman–Crippen LogP) is -0.698. The molecule has 12 nitrogen and oxygen atoms in total. The van der Waals surface area contributed by atoms with Crippen LogP contribution in [-0.2, 0) is 25.4 Å². The number of likely N-dealkylation sites (tertiary alicyclic amines) is 1. The number of aryl methyl sites for hydroxylation is 1. The Morgan fingerprint density at radius 2 is 1.90 bits per heavy atom. The topological polar surface area (TPSA) is 126 Å². The van der Waals surface area contributed by atoms with E-state index in [1.165, 1.54) is 36.7 Å². The van der Waals surface area contributed by atoms with Gasteiger partial charge in [0.2, 0.25) is 17.7 Å². The van der Waals surface area contributed by atoms with Gasteiger partial charge < -0.3 is 18.9 Å². The van der Waals surface area contributed by atoms with Crippen LogP contribution in [0.3, 0.4) is 0 Å². The lowest BCUT2D eigenvalue weighted by atomic mass is 10.1. The highest BCUT2D eigenvalue weighted by Gasteiger charge is 2.26. The van der Waals surface area contributed by atoms with E-state index in [1.807, 2.05) is 0 Å². The molecule has 1 saturated heterocycles. The van der Waals surface area contributed by atoms with Crippen LogP contribution in [-0.4, -0.2) is 66.0 Å². The van der Waals surface area contributed by atoms with Gasteiger partial charge in [-0.05, 0) is 12.8 Å². The standard InChI is InChI=1S/C19H23N7O5/c1-23-17-16(18(28)24(2)19(23)29)26(11-20-17)10-15(27)25-8-4-5-12(9-25)31-14-7-6-13(30-3)21-22-14/h6-7,11-12H,4-5,8-10H2,1-3H3. The zero-order valence-corrected chi connectivity index (χ0v) is 17.5. The van der Waals surface area contributed by atoms with Gasteiger partial charge in [-0.1, -0.05) is 0 Å². The molecule has 3 aromatic heterocycles. The maximum Gasteiger partial charge on any atom is 0.332 e. The zero-order chi connectivity index (χ0) is 22.1. The van der Waals surface area contributed by atoms with Gasteiger partial charge in [0.25, 0.3) is 5.56 Å². The quantitative estimate of drug-likeness (QED) is 0.521. The Labute approximate surface area is 176 Å². The van der Waals surface area contributed by atoms with Crippen LogP contribution in [0.25, 0.3) is 11.2 Å². The van der Waals surface area contributed by atoms with Gasteiger partial charge in [-0.25, -0.2) is 9.78 Å². The van der Waals surface area contributed by atoms with E-state index in [4.69, 9.17) is 9.47 Å². The van der Waals surface area contributed by atoms with E-state index in [1.54, 1.807) is 17.0 Å². The van der Waals surface area contributed by atoms with Crippen LogP contribution in [0.1, 0.15) is 12.8 Å². The Morgan fingerprint density at radius 3 is 2.61 bits per heavy atom. The molecule has 1 aliphatic rings. The minimum absolute atomic E-state index is 0.0565. The third-order valence-electron chi connectivity index (χ3n) is 5.37. The molecule has 3 aromatic rings. The molecule has 164 valence electrons. The first kappa shape index (κ1) is 20.6. The number of imidazole rings is 1. The van der Waals surface area contributed by atoms with Gasteiger partial charge in [-0.3, -0.25) is 18.7 Å². The maximum atomic E-state index is 12.9. The maximum absolute atomic E-state index is 12.9. The summed E-state index contributed by atoms with van der Waals surface area (Å²) in [7, 11) is 4.45. The van der Waals surface area contributed by atoms with Gasteiger partial charge in [0.05, 0.1) is 20.0 Å². The lowest BCUT2D eigenvalue weighted by Crippen LogP contribution is -2.45. The number of carbonyl (C=O) groups excluding carboxylic acids is 1. The first-order valence-corrected chi connectivity index (χ1v) is 9.82. The van der Waals surface area contributed by atoms with Crippen molar-refractivity contribution in [2.75, 3.05) is 20.2 Å². The molecule has 1 atom stereocenters. The van der Waals surface area contributed by atoms with Crippen LogP contribution in [0.15, 0.2) is 28.0 Å². The van der Waals surface area contributed by atoms with Gasteiger partial charge in [-0.2, -0.15) is 0 Å². The minimum atomic E-state index is -0.485. The monoisotopic (exact) mass is 429 g/mol. The third-order valence-corrected chi connectivity index (χ3v) is 5.37. The van der Waals surface area contributed by atoms with E-state index >= 15 is 0 Å². The average Bonchev–Trinajstić information content (AvgIpc) is 3.20. The van der Waals surface area contributed by atoms with Gasteiger partial charge >= 0.3 is 5.69 Å². The number of rotatable bonds is 5. The molecule has 0 saturated carbocycles. The number of hydrogen-bond donors (Lipinski definition) is 0. The first-order chi connectivity index (χ1) is 14.9. The number of hydrogen-bond acceptors (Lipinski definition) is 8. The molecular weight excluding hydrogens is 406 g/mol. The molecule has 1 amide bonds. The molecule has 1 unspecified atom stereocenters. The van der Waals surface area contributed by atoms with Gasteiger partial charge in [0.15, 0.2) is 11.2 Å². The highest BCUT2D eigenvalue weighted by Crippen LogP contribution is 2.18. The Balaban J connectivity index is 1.48. The van der Waals surface area contributed by atoms with Crippen LogP contribution in [0.4, 0.5) is 0 Å². The summed E-state index contributed by atoms with van der Waals surface area (Å²) in [5, 5.41) is 7.84. The Kier molecular flexibility index (Phi) is 5.44.